The average Bonchev–Trinajstić information content (AvgIpc) is 3.06. The number of rotatable bonds is 2. The van der Waals surface area contributed by atoms with Gasteiger partial charge in [-0.15, -0.1) is 11.3 Å². The standard InChI is InChI=1S/C19H19NO3S2/c1-10-15-12(21)8-19(2,3)9-13(15)23-16(10)17(22)25-18-20-11-6-4-5-7-14(11)24-18/h4-7,12,21H,8-9H2,1-3H3. The van der Waals surface area contributed by atoms with E-state index in [9.17, 15) is 9.90 Å². The van der Waals surface area contributed by atoms with Gasteiger partial charge < -0.3 is 9.52 Å². The number of benzene rings is 1. The molecule has 1 aromatic carbocycles. The van der Waals surface area contributed by atoms with Gasteiger partial charge in [0.1, 0.15) is 5.76 Å². The van der Waals surface area contributed by atoms with E-state index in [-0.39, 0.29) is 10.5 Å². The molecule has 3 aromatic rings. The lowest BCUT2D eigenvalue weighted by Gasteiger charge is -2.31. The Morgan fingerprint density at radius 2 is 2.16 bits per heavy atom. The third-order valence-corrected chi connectivity index (χ3v) is 6.60. The summed E-state index contributed by atoms with van der Waals surface area (Å²) in [6.07, 6.45) is 0.842. The van der Waals surface area contributed by atoms with Crippen molar-refractivity contribution in [2.45, 2.75) is 44.1 Å². The predicted octanol–water partition coefficient (Wildman–Crippen LogP) is 5.14. The highest BCUT2D eigenvalue weighted by Gasteiger charge is 2.37. The Hall–Kier alpha value is -1.63. The lowest BCUT2D eigenvalue weighted by molar-refractivity contribution is 0.0919. The molecule has 1 N–H and O–H groups in total. The first-order chi connectivity index (χ1) is 11.8. The van der Waals surface area contributed by atoms with Crippen LogP contribution in [0.1, 0.15) is 53.8 Å². The van der Waals surface area contributed by atoms with Gasteiger partial charge >= 0.3 is 0 Å². The molecule has 0 saturated heterocycles. The second kappa shape index (κ2) is 5.97. The summed E-state index contributed by atoms with van der Waals surface area (Å²) in [6, 6.07) is 7.84. The highest BCUT2D eigenvalue weighted by Crippen LogP contribution is 2.45. The molecule has 0 saturated carbocycles. The van der Waals surface area contributed by atoms with Crippen LogP contribution >= 0.6 is 23.1 Å². The van der Waals surface area contributed by atoms with Crippen LogP contribution in [0.4, 0.5) is 0 Å². The second-order valence-corrected chi connectivity index (χ2v) is 9.54. The van der Waals surface area contributed by atoms with E-state index in [1.807, 2.05) is 31.2 Å². The summed E-state index contributed by atoms with van der Waals surface area (Å²) in [5.41, 5.74) is 2.43. The Kier molecular flexibility index (Phi) is 4.02. The van der Waals surface area contributed by atoms with Gasteiger partial charge in [-0.2, -0.15) is 0 Å². The first-order valence-electron chi connectivity index (χ1n) is 8.22. The smallest absolute Gasteiger partial charge is 0.261 e. The van der Waals surface area contributed by atoms with E-state index >= 15 is 0 Å². The Morgan fingerprint density at radius 1 is 1.40 bits per heavy atom. The van der Waals surface area contributed by atoms with Crippen LogP contribution < -0.4 is 0 Å². The highest BCUT2D eigenvalue weighted by molar-refractivity contribution is 8.15. The van der Waals surface area contributed by atoms with Crippen LogP contribution in [0.2, 0.25) is 0 Å². The summed E-state index contributed by atoms with van der Waals surface area (Å²) >= 11 is 2.60. The van der Waals surface area contributed by atoms with Crippen LogP contribution in [0.25, 0.3) is 10.2 Å². The number of nitrogens with zero attached hydrogens (tertiary/aromatic N) is 1. The summed E-state index contributed by atoms with van der Waals surface area (Å²) in [6.45, 7) is 6.07. The summed E-state index contributed by atoms with van der Waals surface area (Å²) in [4.78, 5) is 17.2. The fourth-order valence-corrected chi connectivity index (χ4v) is 5.45. The van der Waals surface area contributed by atoms with Gasteiger partial charge in [-0.25, -0.2) is 4.98 Å². The number of aliphatic hydroxyl groups is 1. The lowest BCUT2D eigenvalue weighted by Crippen LogP contribution is -2.24. The number of carbonyl (C=O) groups excluding carboxylic acids is 1. The minimum absolute atomic E-state index is 0.0306. The minimum Gasteiger partial charge on any atom is -0.456 e. The molecule has 0 aliphatic heterocycles. The number of fused-ring (bicyclic) bond motifs is 2. The fourth-order valence-electron chi connectivity index (χ4n) is 3.50. The molecule has 0 radical (unpaired) electrons. The number of thiazole rings is 1. The van der Waals surface area contributed by atoms with Crippen molar-refractivity contribution < 1.29 is 14.3 Å². The molecular formula is C19H19NO3S2. The number of furan rings is 1. The SMILES string of the molecule is Cc1c(C(=O)Sc2nc3ccccc3s2)oc2c1C(O)CC(C)(C)C2. The van der Waals surface area contributed by atoms with Crippen LogP contribution in [0.3, 0.4) is 0 Å². The Bertz CT molecular complexity index is 937. The number of thioether (sulfide) groups is 1. The fraction of sp³-hybridized carbons (Fsp3) is 0.368. The van der Waals surface area contributed by atoms with E-state index in [1.165, 1.54) is 11.3 Å². The maximum absolute atomic E-state index is 12.8. The molecule has 2 aromatic heterocycles. The third kappa shape index (κ3) is 3.03. The molecule has 1 unspecified atom stereocenters. The summed E-state index contributed by atoms with van der Waals surface area (Å²) in [5, 5.41) is 10.3. The monoisotopic (exact) mass is 373 g/mol. The van der Waals surface area contributed by atoms with Gasteiger partial charge in [-0.3, -0.25) is 4.79 Å². The molecule has 2 heterocycles. The largest absolute Gasteiger partial charge is 0.456 e. The number of aromatic nitrogens is 1. The first kappa shape index (κ1) is 16.8. The van der Waals surface area contributed by atoms with Crippen LogP contribution in [0.5, 0.6) is 0 Å². The van der Waals surface area contributed by atoms with Gasteiger partial charge in [-0.1, -0.05) is 26.0 Å². The maximum Gasteiger partial charge on any atom is 0.261 e. The molecule has 1 aliphatic carbocycles. The van der Waals surface area contributed by atoms with Gasteiger partial charge in [-0.05, 0) is 42.7 Å². The molecule has 0 amide bonds. The summed E-state index contributed by atoms with van der Waals surface area (Å²) in [7, 11) is 0. The maximum atomic E-state index is 12.8. The van der Waals surface area contributed by atoms with Crippen LogP contribution in [0, 0.1) is 12.3 Å². The minimum atomic E-state index is -0.573. The summed E-state index contributed by atoms with van der Waals surface area (Å²) in [5.74, 6) is 1.08. The normalized spacial score (nSPS) is 19.1. The van der Waals surface area contributed by atoms with Gasteiger partial charge in [0, 0.05) is 17.5 Å². The Morgan fingerprint density at radius 3 is 2.92 bits per heavy atom. The quantitative estimate of drug-likeness (QED) is 0.631. The van der Waals surface area contributed by atoms with Gasteiger partial charge in [0.05, 0.1) is 16.3 Å². The highest BCUT2D eigenvalue weighted by atomic mass is 32.2. The molecule has 4 nitrogen and oxygen atoms in total. The van der Waals surface area contributed by atoms with Gasteiger partial charge in [0.2, 0.25) is 0 Å². The molecular weight excluding hydrogens is 354 g/mol. The molecule has 25 heavy (non-hydrogen) atoms. The number of hydrogen-bond acceptors (Lipinski definition) is 6. The van der Waals surface area contributed by atoms with Crippen LogP contribution in [-0.2, 0) is 6.42 Å². The van der Waals surface area contributed by atoms with Crippen LogP contribution in [0.15, 0.2) is 33.0 Å². The number of para-hydroxylation sites is 1. The molecule has 4 rings (SSSR count). The Balaban J connectivity index is 1.65. The second-order valence-electron chi connectivity index (χ2n) is 7.29. The third-order valence-electron chi connectivity index (χ3n) is 4.63. The van der Waals surface area contributed by atoms with Crippen molar-refractivity contribution in [1.82, 2.24) is 4.98 Å². The number of carbonyl (C=O) groups is 1. The van der Waals surface area contributed by atoms with Crippen molar-refractivity contribution in [2.24, 2.45) is 5.41 Å². The molecule has 0 spiro atoms. The van der Waals surface area contributed by atoms with E-state index in [0.29, 0.717) is 16.5 Å². The molecule has 1 aliphatic rings. The topological polar surface area (TPSA) is 63.3 Å². The van der Waals surface area contributed by atoms with E-state index in [2.05, 4.69) is 18.8 Å². The predicted molar refractivity (Wildman–Crippen MR) is 100 cm³/mol. The van der Waals surface area contributed by atoms with Crippen molar-refractivity contribution in [2.75, 3.05) is 0 Å². The Labute approximate surface area is 154 Å². The zero-order chi connectivity index (χ0) is 17.8. The van der Waals surface area contributed by atoms with Crippen molar-refractivity contribution in [3.05, 3.63) is 46.9 Å². The molecule has 130 valence electrons. The van der Waals surface area contributed by atoms with Crippen molar-refractivity contribution >= 4 is 38.4 Å². The summed E-state index contributed by atoms with van der Waals surface area (Å²) < 4.78 is 7.67. The van der Waals surface area contributed by atoms with Gasteiger partial charge in [0.15, 0.2) is 10.1 Å². The van der Waals surface area contributed by atoms with Gasteiger partial charge in [0.25, 0.3) is 5.12 Å². The van der Waals surface area contributed by atoms with Crippen molar-refractivity contribution in [3.63, 3.8) is 0 Å². The average molecular weight is 373 g/mol. The lowest BCUT2D eigenvalue weighted by atomic mass is 9.75. The van der Waals surface area contributed by atoms with Crippen molar-refractivity contribution in [1.29, 1.82) is 0 Å². The van der Waals surface area contributed by atoms with Crippen molar-refractivity contribution in [3.8, 4) is 0 Å². The van der Waals surface area contributed by atoms with Crippen LogP contribution in [-0.4, -0.2) is 15.2 Å². The molecule has 0 bridgehead atoms. The van der Waals surface area contributed by atoms with E-state index in [1.54, 1.807) is 0 Å². The van der Waals surface area contributed by atoms with E-state index in [4.69, 9.17) is 4.42 Å². The molecule has 6 heteroatoms. The van der Waals surface area contributed by atoms with E-state index < -0.39 is 6.10 Å². The number of aliphatic hydroxyl groups excluding tert-OH is 1. The molecule has 0 fully saturated rings. The van der Waals surface area contributed by atoms with E-state index in [0.717, 1.165) is 45.3 Å². The number of hydrogen-bond donors (Lipinski definition) is 1. The molecule has 1 atom stereocenters. The zero-order valence-corrected chi connectivity index (χ0v) is 16.0. The first-order valence-corrected chi connectivity index (χ1v) is 9.85. The zero-order valence-electron chi connectivity index (χ0n) is 14.3.